The van der Waals surface area contributed by atoms with Gasteiger partial charge in [-0.05, 0) is 43.9 Å². The molecule has 1 aromatic carbocycles. The zero-order valence-electron chi connectivity index (χ0n) is 14.0. The van der Waals surface area contributed by atoms with Crippen molar-refractivity contribution in [2.45, 2.75) is 49.5 Å². The van der Waals surface area contributed by atoms with Crippen LogP contribution in [0.4, 0.5) is 0 Å². The Morgan fingerprint density at radius 1 is 1.20 bits per heavy atom. The first-order valence-electron chi connectivity index (χ1n) is 8.69. The van der Waals surface area contributed by atoms with Crippen LogP contribution in [0.15, 0.2) is 23.1 Å². The zero-order chi connectivity index (χ0) is 17.9. The van der Waals surface area contributed by atoms with Crippen LogP contribution >= 0.6 is 11.6 Å². The molecule has 25 heavy (non-hydrogen) atoms. The third-order valence-corrected chi connectivity index (χ3v) is 6.82. The number of amides is 1. The highest BCUT2D eigenvalue weighted by Gasteiger charge is 2.30. The SMILES string of the molecule is O=C(COc1ccc(Cl)cc1S(=O)(=O)N1CCCC1)NC1CCCC1. The van der Waals surface area contributed by atoms with E-state index in [1.807, 2.05) is 0 Å². The Hall–Kier alpha value is -1.31. The highest BCUT2D eigenvalue weighted by atomic mass is 35.5. The quantitative estimate of drug-likeness (QED) is 0.815. The molecule has 0 atom stereocenters. The van der Waals surface area contributed by atoms with Crippen molar-refractivity contribution in [3.8, 4) is 5.75 Å². The third-order valence-electron chi connectivity index (χ3n) is 4.67. The number of hydrogen-bond donors (Lipinski definition) is 1. The normalized spacial score (nSPS) is 19.2. The number of ether oxygens (including phenoxy) is 1. The minimum atomic E-state index is -3.67. The topological polar surface area (TPSA) is 75.7 Å². The number of rotatable bonds is 6. The molecular formula is C17H23ClN2O4S. The Bertz CT molecular complexity index is 726. The van der Waals surface area contributed by atoms with Gasteiger partial charge in [-0.15, -0.1) is 0 Å². The molecule has 1 amide bonds. The summed E-state index contributed by atoms with van der Waals surface area (Å²) in [5, 5.41) is 3.24. The Kier molecular flexibility index (Phi) is 5.86. The standard InChI is InChI=1S/C17H23ClN2O4S/c18-13-7-8-15(24-12-17(21)19-14-5-1-2-6-14)16(11-13)25(22,23)20-9-3-4-10-20/h7-8,11,14H,1-6,9-10,12H2,(H,19,21). The summed E-state index contributed by atoms with van der Waals surface area (Å²) in [5.41, 5.74) is 0. The molecule has 3 rings (SSSR count). The van der Waals surface area contributed by atoms with Crippen LogP contribution in [-0.2, 0) is 14.8 Å². The Balaban J connectivity index is 1.71. The monoisotopic (exact) mass is 386 g/mol. The van der Waals surface area contributed by atoms with Crippen molar-refractivity contribution >= 4 is 27.5 Å². The molecule has 1 aliphatic carbocycles. The van der Waals surface area contributed by atoms with Gasteiger partial charge in [-0.2, -0.15) is 4.31 Å². The van der Waals surface area contributed by atoms with Gasteiger partial charge in [0.05, 0.1) is 0 Å². The van der Waals surface area contributed by atoms with E-state index >= 15 is 0 Å². The van der Waals surface area contributed by atoms with E-state index in [0.29, 0.717) is 18.1 Å². The highest BCUT2D eigenvalue weighted by Crippen LogP contribution is 2.31. The van der Waals surface area contributed by atoms with Gasteiger partial charge >= 0.3 is 0 Å². The van der Waals surface area contributed by atoms with Crippen molar-refractivity contribution < 1.29 is 17.9 Å². The first-order chi connectivity index (χ1) is 12.0. The molecule has 1 N–H and O–H groups in total. The molecule has 0 bridgehead atoms. The van der Waals surface area contributed by atoms with Gasteiger partial charge < -0.3 is 10.1 Å². The molecule has 1 saturated carbocycles. The summed E-state index contributed by atoms with van der Waals surface area (Å²) < 4.78 is 32.6. The lowest BCUT2D eigenvalue weighted by molar-refractivity contribution is -0.123. The van der Waals surface area contributed by atoms with Crippen molar-refractivity contribution in [3.05, 3.63) is 23.2 Å². The predicted molar refractivity (Wildman–Crippen MR) is 95.3 cm³/mol. The number of nitrogens with one attached hydrogen (secondary N) is 1. The van der Waals surface area contributed by atoms with Crippen LogP contribution in [0.3, 0.4) is 0 Å². The first kappa shape index (κ1) is 18.5. The molecule has 2 aliphatic rings. The highest BCUT2D eigenvalue weighted by molar-refractivity contribution is 7.89. The summed E-state index contributed by atoms with van der Waals surface area (Å²) in [6, 6.07) is 4.66. The number of nitrogens with zero attached hydrogens (tertiary/aromatic N) is 1. The Labute approximate surface area is 153 Å². The molecule has 1 aromatic rings. The molecular weight excluding hydrogens is 364 g/mol. The first-order valence-corrected chi connectivity index (χ1v) is 10.5. The number of carbonyl (C=O) groups is 1. The zero-order valence-corrected chi connectivity index (χ0v) is 15.6. The van der Waals surface area contributed by atoms with E-state index in [4.69, 9.17) is 16.3 Å². The second-order valence-corrected chi connectivity index (χ2v) is 8.88. The molecule has 2 fully saturated rings. The molecule has 0 radical (unpaired) electrons. The van der Waals surface area contributed by atoms with E-state index in [-0.39, 0.29) is 29.2 Å². The molecule has 1 aliphatic heterocycles. The largest absolute Gasteiger partial charge is 0.482 e. The predicted octanol–water partition coefficient (Wildman–Crippen LogP) is 2.56. The van der Waals surface area contributed by atoms with Gasteiger partial charge in [0.1, 0.15) is 10.6 Å². The fraction of sp³-hybridized carbons (Fsp3) is 0.588. The maximum Gasteiger partial charge on any atom is 0.258 e. The summed E-state index contributed by atoms with van der Waals surface area (Å²) >= 11 is 5.99. The summed E-state index contributed by atoms with van der Waals surface area (Å²) in [5.74, 6) is -0.0655. The lowest BCUT2D eigenvalue weighted by Crippen LogP contribution is -2.36. The number of sulfonamides is 1. The van der Waals surface area contributed by atoms with Crippen molar-refractivity contribution in [2.24, 2.45) is 0 Å². The van der Waals surface area contributed by atoms with Gasteiger partial charge in [0.15, 0.2) is 6.61 Å². The average molecular weight is 387 g/mol. The van der Waals surface area contributed by atoms with Gasteiger partial charge in [0.25, 0.3) is 5.91 Å². The minimum Gasteiger partial charge on any atom is -0.482 e. The van der Waals surface area contributed by atoms with Crippen molar-refractivity contribution in [1.29, 1.82) is 0 Å². The fourth-order valence-electron chi connectivity index (χ4n) is 3.35. The molecule has 0 spiro atoms. The van der Waals surface area contributed by atoms with Crippen molar-refractivity contribution in [1.82, 2.24) is 9.62 Å². The second-order valence-electron chi connectivity index (χ2n) is 6.54. The van der Waals surface area contributed by atoms with Gasteiger partial charge in [0, 0.05) is 24.2 Å². The summed E-state index contributed by atoms with van der Waals surface area (Å²) in [6.45, 7) is 0.785. The minimum absolute atomic E-state index is 0.0237. The lowest BCUT2D eigenvalue weighted by atomic mass is 10.2. The van der Waals surface area contributed by atoms with Gasteiger partial charge in [-0.3, -0.25) is 4.79 Å². The number of hydrogen-bond acceptors (Lipinski definition) is 4. The van der Waals surface area contributed by atoms with Crippen molar-refractivity contribution in [2.75, 3.05) is 19.7 Å². The lowest BCUT2D eigenvalue weighted by Gasteiger charge is -2.19. The summed E-state index contributed by atoms with van der Waals surface area (Å²) in [6.07, 6.45) is 5.92. The van der Waals surface area contributed by atoms with Crippen molar-refractivity contribution in [3.63, 3.8) is 0 Å². The molecule has 8 heteroatoms. The fourth-order valence-corrected chi connectivity index (χ4v) is 5.26. The molecule has 6 nitrogen and oxygen atoms in total. The molecule has 1 heterocycles. The van der Waals surface area contributed by atoms with Crippen LogP contribution in [-0.4, -0.2) is 44.4 Å². The van der Waals surface area contributed by atoms with Crippen LogP contribution in [0, 0.1) is 0 Å². The van der Waals surface area contributed by atoms with Crippen LogP contribution in [0.5, 0.6) is 5.75 Å². The van der Waals surface area contributed by atoms with E-state index in [9.17, 15) is 13.2 Å². The van der Waals surface area contributed by atoms with Crippen LogP contribution in [0.25, 0.3) is 0 Å². The van der Waals surface area contributed by atoms with Gasteiger partial charge in [-0.1, -0.05) is 24.4 Å². The number of halogens is 1. The van der Waals surface area contributed by atoms with Gasteiger partial charge in [-0.25, -0.2) is 8.42 Å². The molecule has 138 valence electrons. The molecule has 0 aromatic heterocycles. The molecule has 0 unspecified atom stereocenters. The second kappa shape index (κ2) is 7.93. The van der Waals surface area contributed by atoms with Crippen LogP contribution in [0.1, 0.15) is 38.5 Å². The van der Waals surface area contributed by atoms with E-state index in [1.54, 1.807) is 6.07 Å². The summed E-state index contributed by atoms with van der Waals surface area (Å²) in [4.78, 5) is 12.1. The number of benzene rings is 1. The van der Waals surface area contributed by atoms with E-state index < -0.39 is 10.0 Å². The number of carbonyl (C=O) groups excluding carboxylic acids is 1. The Morgan fingerprint density at radius 3 is 2.56 bits per heavy atom. The van der Waals surface area contributed by atoms with Gasteiger partial charge in [0.2, 0.25) is 10.0 Å². The third kappa shape index (κ3) is 4.46. The van der Waals surface area contributed by atoms with E-state index in [0.717, 1.165) is 38.5 Å². The van der Waals surface area contributed by atoms with Crippen LogP contribution < -0.4 is 10.1 Å². The van der Waals surface area contributed by atoms with Crippen LogP contribution in [0.2, 0.25) is 5.02 Å². The summed E-state index contributed by atoms with van der Waals surface area (Å²) in [7, 11) is -3.67. The average Bonchev–Trinajstić information content (AvgIpc) is 3.27. The Morgan fingerprint density at radius 2 is 1.88 bits per heavy atom. The van der Waals surface area contributed by atoms with E-state index in [2.05, 4.69) is 5.32 Å². The molecule has 1 saturated heterocycles. The van der Waals surface area contributed by atoms with E-state index in [1.165, 1.54) is 16.4 Å². The smallest absolute Gasteiger partial charge is 0.258 e. The maximum absolute atomic E-state index is 12.8. The maximum atomic E-state index is 12.8.